The molecule has 1 saturated carbocycles. The molecule has 19 heavy (non-hydrogen) atoms. The summed E-state index contributed by atoms with van der Waals surface area (Å²) in [5.41, 5.74) is 0.0736. The van der Waals surface area contributed by atoms with Crippen molar-refractivity contribution in [2.45, 2.75) is 12.8 Å². The fraction of sp³-hybridized carbons (Fsp3) is 0.417. The van der Waals surface area contributed by atoms with E-state index in [1.54, 1.807) is 0 Å². The molecule has 6 nitrogen and oxygen atoms in total. The molecular formula is C12H14ClN3O3. The molecule has 0 aliphatic heterocycles. The van der Waals surface area contributed by atoms with Crippen LogP contribution in [0.25, 0.3) is 0 Å². The molecule has 3 N–H and O–H groups in total. The SMILES string of the molecule is O=C(O)c1cc(Cl)nc(NCCNC(=O)C2CC2)c1. The van der Waals surface area contributed by atoms with E-state index in [1.807, 2.05) is 0 Å². The maximum atomic E-state index is 11.4. The van der Waals surface area contributed by atoms with Crippen LogP contribution in [0, 0.1) is 5.92 Å². The quantitative estimate of drug-likeness (QED) is 0.542. The molecule has 7 heteroatoms. The van der Waals surface area contributed by atoms with Gasteiger partial charge in [-0.15, -0.1) is 0 Å². The van der Waals surface area contributed by atoms with Crippen molar-refractivity contribution in [1.29, 1.82) is 0 Å². The molecule has 1 aromatic rings. The van der Waals surface area contributed by atoms with Crippen LogP contribution in [-0.4, -0.2) is 35.1 Å². The maximum Gasteiger partial charge on any atom is 0.335 e. The van der Waals surface area contributed by atoms with Crippen LogP contribution in [0.3, 0.4) is 0 Å². The molecule has 2 rings (SSSR count). The minimum atomic E-state index is -1.06. The Balaban J connectivity index is 1.81. The number of nitrogens with one attached hydrogen (secondary N) is 2. The number of rotatable bonds is 6. The van der Waals surface area contributed by atoms with Gasteiger partial charge in [0.15, 0.2) is 0 Å². The van der Waals surface area contributed by atoms with Crippen LogP contribution in [0.2, 0.25) is 5.15 Å². The van der Waals surface area contributed by atoms with Crippen molar-refractivity contribution in [2.24, 2.45) is 5.92 Å². The molecule has 0 saturated heterocycles. The van der Waals surface area contributed by atoms with E-state index in [0.29, 0.717) is 18.9 Å². The molecule has 1 fully saturated rings. The van der Waals surface area contributed by atoms with Crippen molar-refractivity contribution in [3.63, 3.8) is 0 Å². The van der Waals surface area contributed by atoms with Gasteiger partial charge in [-0.2, -0.15) is 0 Å². The van der Waals surface area contributed by atoms with Gasteiger partial charge in [-0.05, 0) is 25.0 Å². The van der Waals surface area contributed by atoms with Gasteiger partial charge in [-0.1, -0.05) is 11.6 Å². The lowest BCUT2D eigenvalue weighted by atomic mass is 10.2. The largest absolute Gasteiger partial charge is 0.478 e. The van der Waals surface area contributed by atoms with E-state index >= 15 is 0 Å². The highest BCUT2D eigenvalue weighted by atomic mass is 35.5. The minimum absolute atomic E-state index is 0.0736. The Morgan fingerprint density at radius 1 is 1.37 bits per heavy atom. The number of carboxylic acid groups (broad SMARTS) is 1. The molecule has 1 aliphatic rings. The number of aromatic carboxylic acids is 1. The van der Waals surface area contributed by atoms with E-state index in [-0.39, 0.29) is 22.5 Å². The van der Waals surface area contributed by atoms with Gasteiger partial charge < -0.3 is 15.7 Å². The van der Waals surface area contributed by atoms with E-state index < -0.39 is 5.97 Å². The third-order valence-corrected chi connectivity index (χ3v) is 2.91. The summed E-state index contributed by atoms with van der Waals surface area (Å²) in [6.07, 6.45) is 1.94. The first-order valence-corrected chi connectivity index (χ1v) is 6.36. The van der Waals surface area contributed by atoms with E-state index in [2.05, 4.69) is 15.6 Å². The average molecular weight is 284 g/mol. The summed E-state index contributed by atoms with van der Waals surface area (Å²) in [7, 11) is 0. The van der Waals surface area contributed by atoms with Crippen LogP contribution in [0.5, 0.6) is 0 Å². The Kier molecular flexibility index (Phi) is 4.21. The molecule has 0 bridgehead atoms. The molecule has 0 radical (unpaired) electrons. The first-order chi connectivity index (χ1) is 9.06. The number of carbonyl (C=O) groups is 2. The Labute approximate surface area is 115 Å². The Morgan fingerprint density at radius 2 is 2.11 bits per heavy atom. The van der Waals surface area contributed by atoms with Gasteiger partial charge in [0.2, 0.25) is 5.91 Å². The van der Waals surface area contributed by atoms with Gasteiger partial charge in [0.1, 0.15) is 11.0 Å². The molecule has 102 valence electrons. The van der Waals surface area contributed by atoms with Crippen molar-refractivity contribution in [3.8, 4) is 0 Å². The average Bonchev–Trinajstić information content (AvgIpc) is 3.17. The first kappa shape index (κ1) is 13.6. The number of carbonyl (C=O) groups excluding carboxylic acids is 1. The number of hydrogen-bond donors (Lipinski definition) is 3. The molecule has 0 aromatic carbocycles. The Morgan fingerprint density at radius 3 is 2.74 bits per heavy atom. The highest BCUT2D eigenvalue weighted by Gasteiger charge is 2.28. The topological polar surface area (TPSA) is 91.3 Å². The third kappa shape index (κ3) is 4.10. The summed E-state index contributed by atoms with van der Waals surface area (Å²) in [4.78, 5) is 26.2. The van der Waals surface area contributed by atoms with E-state index in [9.17, 15) is 9.59 Å². The van der Waals surface area contributed by atoms with E-state index in [0.717, 1.165) is 12.8 Å². The summed E-state index contributed by atoms with van der Waals surface area (Å²) in [5, 5.41) is 14.7. The van der Waals surface area contributed by atoms with Gasteiger partial charge in [-0.3, -0.25) is 4.79 Å². The zero-order chi connectivity index (χ0) is 13.8. The smallest absolute Gasteiger partial charge is 0.335 e. The summed E-state index contributed by atoms with van der Waals surface area (Å²) >= 11 is 5.72. The number of pyridine rings is 1. The molecule has 1 heterocycles. The lowest BCUT2D eigenvalue weighted by Crippen LogP contribution is -2.29. The standard InChI is InChI=1S/C12H14ClN3O3/c13-9-5-8(12(18)19)6-10(16-9)14-3-4-15-11(17)7-1-2-7/h5-7H,1-4H2,(H,14,16)(H,15,17)(H,18,19). The van der Waals surface area contributed by atoms with Crippen LogP contribution in [-0.2, 0) is 4.79 Å². The van der Waals surface area contributed by atoms with Gasteiger partial charge in [0, 0.05) is 19.0 Å². The zero-order valence-electron chi connectivity index (χ0n) is 10.1. The predicted molar refractivity (Wildman–Crippen MR) is 70.4 cm³/mol. The summed E-state index contributed by atoms with van der Waals surface area (Å²) in [6.45, 7) is 0.927. The van der Waals surface area contributed by atoms with Gasteiger partial charge in [0.05, 0.1) is 5.56 Å². The van der Waals surface area contributed by atoms with Crippen LogP contribution < -0.4 is 10.6 Å². The zero-order valence-corrected chi connectivity index (χ0v) is 10.9. The number of aromatic nitrogens is 1. The fourth-order valence-corrected chi connectivity index (χ4v) is 1.79. The lowest BCUT2D eigenvalue weighted by Gasteiger charge is -2.08. The van der Waals surface area contributed by atoms with Crippen LogP contribution in [0.4, 0.5) is 5.82 Å². The Hall–Kier alpha value is -1.82. The molecule has 1 aliphatic carbocycles. The third-order valence-electron chi connectivity index (χ3n) is 2.72. The molecule has 0 atom stereocenters. The van der Waals surface area contributed by atoms with Crippen LogP contribution in [0.15, 0.2) is 12.1 Å². The van der Waals surface area contributed by atoms with Gasteiger partial charge in [-0.25, -0.2) is 9.78 Å². The number of hydrogen-bond acceptors (Lipinski definition) is 4. The predicted octanol–water partition coefficient (Wildman–Crippen LogP) is 1.37. The second kappa shape index (κ2) is 5.88. The second-order valence-corrected chi connectivity index (χ2v) is 4.75. The van der Waals surface area contributed by atoms with E-state index in [1.165, 1.54) is 12.1 Å². The summed E-state index contributed by atoms with van der Waals surface area (Å²) in [6, 6.07) is 2.68. The fourth-order valence-electron chi connectivity index (χ4n) is 1.58. The minimum Gasteiger partial charge on any atom is -0.478 e. The molecule has 0 spiro atoms. The molecular weight excluding hydrogens is 270 g/mol. The molecule has 1 aromatic heterocycles. The Bertz CT molecular complexity index is 503. The van der Waals surface area contributed by atoms with E-state index in [4.69, 9.17) is 16.7 Å². The normalized spacial score (nSPS) is 13.9. The van der Waals surface area contributed by atoms with Crippen molar-refractivity contribution in [2.75, 3.05) is 18.4 Å². The van der Waals surface area contributed by atoms with Crippen molar-refractivity contribution in [3.05, 3.63) is 22.8 Å². The second-order valence-electron chi connectivity index (χ2n) is 4.36. The molecule has 1 amide bonds. The van der Waals surface area contributed by atoms with Crippen molar-refractivity contribution < 1.29 is 14.7 Å². The number of halogens is 1. The highest BCUT2D eigenvalue weighted by Crippen LogP contribution is 2.28. The first-order valence-electron chi connectivity index (χ1n) is 5.99. The highest BCUT2D eigenvalue weighted by molar-refractivity contribution is 6.29. The summed E-state index contributed by atoms with van der Waals surface area (Å²) < 4.78 is 0. The monoisotopic (exact) mass is 283 g/mol. The molecule has 0 unspecified atom stereocenters. The van der Waals surface area contributed by atoms with Crippen LogP contribution in [0.1, 0.15) is 23.2 Å². The summed E-state index contributed by atoms with van der Waals surface area (Å²) in [5.74, 6) is -0.421. The number of nitrogens with zero attached hydrogens (tertiary/aromatic N) is 1. The van der Waals surface area contributed by atoms with Crippen molar-refractivity contribution in [1.82, 2.24) is 10.3 Å². The number of carboxylic acids is 1. The number of anilines is 1. The van der Waals surface area contributed by atoms with Gasteiger partial charge in [0.25, 0.3) is 0 Å². The van der Waals surface area contributed by atoms with Gasteiger partial charge >= 0.3 is 5.97 Å². The van der Waals surface area contributed by atoms with Crippen LogP contribution >= 0.6 is 11.6 Å². The lowest BCUT2D eigenvalue weighted by molar-refractivity contribution is -0.122. The number of amides is 1. The van der Waals surface area contributed by atoms with Crippen molar-refractivity contribution >= 4 is 29.3 Å². The maximum absolute atomic E-state index is 11.4.